The first-order valence-electron chi connectivity index (χ1n) is 8.39. The van der Waals surface area contributed by atoms with E-state index in [4.69, 9.17) is 0 Å². The number of aromatic amines is 1. The lowest BCUT2D eigenvalue weighted by atomic mass is 10.1. The van der Waals surface area contributed by atoms with Gasteiger partial charge in [-0.15, -0.1) is 0 Å². The Bertz CT molecular complexity index is 985. The average Bonchev–Trinajstić information content (AvgIpc) is 3.30. The summed E-state index contributed by atoms with van der Waals surface area (Å²) in [7, 11) is 1.72. The molecule has 1 N–H and O–H groups in total. The van der Waals surface area contributed by atoms with Gasteiger partial charge in [0.25, 0.3) is 11.5 Å². The van der Waals surface area contributed by atoms with Crippen molar-refractivity contribution in [2.24, 2.45) is 7.05 Å². The second kappa shape index (κ2) is 5.87. The molecule has 1 amide bonds. The number of carbonyl (C=O) groups excluding carboxylic acids is 1. The van der Waals surface area contributed by atoms with Crippen molar-refractivity contribution in [2.45, 2.75) is 32.4 Å². The minimum atomic E-state index is -0.281. The monoisotopic (exact) mass is 340 g/mol. The summed E-state index contributed by atoms with van der Waals surface area (Å²) in [5.41, 5.74) is 1.37. The van der Waals surface area contributed by atoms with E-state index in [2.05, 4.69) is 15.2 Å². The number of aryl methyl sites for hydroxylation is 2. The van der Waals surface area contributed by atoms with Gasteiger partial charge in [0.05, 0.1) is 23.5 Å². The second-order valence-corrected chi connectivity index (χ2v) is 6.53. The molecular formula is C17H20N6O2. The van der Waals surface area contributed by atoms with Crippen LogP contribution in [0.15, 0.2) is 29.3 Å². The number of nitrogens with one attached hydrogen (secondary N) is 1. The number of hydrogen-bond donors (Lipinski definition) is 1. The Balaban J connectivity index is 1.73. The van der Waals surface area contributed by atoms with Gasteiger partial charge in [-0.2, -0.15) is 5.10 Å². The van der Waals surface area contributed by atoms with E-state index < -0.39 is 0 Å². The van der Waals surface area contributed by atoms with Gasteiger partial charge in [0.2, 0.25) is 0 Å². The Kier molecular flexibility index (Phi) is 3.67. The summed E-state index contributed by atoms with van der Waals surface area (Å²) in [6.45, 7) is 3.19. The number of nitrogens with zero attached hydrogens (tertiary/aromatic N) is 5. The smallest absolute Gasteiger partial charge is 0.274 e. The molecule has 1 atom stereocenters. The van der Waals surface area contributed by atoms with E-state index >= 15 is 0 Å². The van der Waals surface area contributed by atoms with E-state index in [0.29, 0.717) is 35.4 Å². The maximum Gasteiger partial charge on any atom is 0.274 e. The van der Waals surface area contributed by atoms with Crippen LogP contribution in [0.4, 0.5) is 0 Å². The lowest BCUT2D eigenvalue weighted by Gasteiger charge is -2.25. The predicted molar refractivity (Wildman–Crippen MR) is 92.4 cm³/mol. The predicted octanol–water partition coefficient (Wildman–Crippen LogP) is 1.07. The molecule has 4 heterocycles. The van der Waals surface area contributed by atoms with E-state index in [1.54, 1.807) is 24.0 Å². The first-order chi connectivity index (χ1) is 12.0. The van der Waals surface area contributed by atoms with Crippen LogP contribution in [-0.2, 0) is 13.6 Å². The number of hydrogen-bond acceptors (Lipinski definition) is 4. The molecule has 130 valence electrons. The van der Waals surface area contributed by atoms with Crippen LogP contribution in [0.25, 0.3) is 11.0 Å². The molecule has 3 aromatic heterocycles. The molecule has 1 fully saturated rings. The first kappa shape index (κ1) is 15.6. The van der Waals surface area contributed by atoms with Crippen LogP contribution in [-0.4, -0.2) is 47.9 Å². The summed E-state index contributed by atoms with van der Waals surface area (Å²) in [6, 6.07) is 3.67. The van der Waals surface area contributed by atoms with Crippen LogP contribution < -0.4 is 5.56 Å². The topological polar surface area (TPSA) is 88.8 Å². The zero-order valence-electron chi connectivity index (χ0n) is 14.3. The highest BCUT2D eigenvalue weighted by Gasteiger charge is 2.31. The van der Waals surface area contributed by atoms with Gasteiger partial charge in [-0.1, -0.05) is 0 Å². The van der Waals surface area contributed by atoms with Crippen LogP contribution in [0.1, 0.15) is 28.9 Å². The summed E-state index contributed by atoms with van der Waals surface area (Å²) in [6.07, 6.45) is 5.53. The summed E-state index contributed by atoms with van der Waals surface area (Å²) >= 11 is 0. The number of likely N-dealkylation sites (tertiary alicyclic amines) is 1. The van der Waals surface area contributed by atoms with Gasteiger partial charge in [0.15, 0.2) is 5.65 Å². The van der Waals surface area contributed by atoms with Crippen LogP contribution in [0.2, 0.25) is 0 Å². The van der Waals surface area contributed by atoms with Gasteiger partial charge in [-0.25, -0.2) is 4.98 Å². The van der Waals surface area contributed by atoms with Crippen LogP contribution in [0.5, 0.6) is 0 Å². The summed E-state index contributed by atoms with van der Waals surface area (Å²) in [5.74, 6) is -0.109. The van der Waals surface area contributed by atoms with Gasteiger partial charge < -0.3 is 4.90 Å². The standard InChI is InChI=1S/C17H20N6O2/c1-11-9-13(14-15(19-11)21(2)20-16(14)24)17(25)23-8-3-5-12(23)10-22-7-4-6-18-22/h4,6-7,9,12H,3,5,8,10H2,1-2H3,(H,20,24). The Morgan fingerprint density at radius 3 is 3.04 bits per heavy atom. The zero-order chi connectivity index (χ0) is 17.6. The van der Waals surface area contributed by atoms with Gasteiger partial charge in [-0.05, 0) is 31.9 Å². The Morgan fingerprint density at radius 2 is 2.28 bits per heavy atom. The lowest BCUT2D eigenvalue weighted by molar-refractivity contribution is 0.0723. The van der Waals surface area contributed by atoms with Crippen LogP contribution in [0, 0.1) is 6.92 Å². The van der Waals surface area contributed by atoms with Crippen molar-refractivity contribution in [1.29, 1.82) is 0 Å². The van der Waals surface area contributed by atoms with E-state index in [0.717, 1.165) is 12.8 Å². The van der Waals surface area contributed by atoms with E-state index in [1.807, 2.05) is 28.8 Å². The minimum absolute atomic E-state index is 0.0821. The number of aromatic nitrogens is 5. The fraction of sp³-hybridized carbons (Fsp3) is 0.412. The maximum atomic E-state index is 13.2. The van der Waals surface area contributed by atoms with Crippen molar-refractivity contribution in [2.75, 3.05) is 6.54 Å². The summed E-state index contributed by atoms with van der Waals surface area (Å²) < 4.78 is 3.41. The molecule has 0 spiro atoms. The number of fused-ring (bicyclic) bond motifs is 1. The van der Waals surface area contributed by atoms with Crippen LogP contribution >= 0.6 is 0 Å². The SMILES string of the molecule is Cc1cc(C(=O)N2CCCC2Cn2cccn2)c2c(=O)[nH]n(C)c2n1. The molecule has 3 aromatic rings. The third kappa shape index (κ3) is 2.63. The molecule has 1 saturated heterocycles. The second-order valence-electron chi connectivity index (χ2n) is 6.53. The molecule has 0 bridgehead atoms. The zero-order valence-corrected chi connectivity index (χ0v) is 14.3. The molecular weight excluding hydrogens is 320 g/mol. The van der Waals surface area contributed by atoms with Crippen molar-refractivity contribution in [3.63, 3.8) is 0 Å². The quantitative estimate of drug-likeness (QED) is 0.772. The molecule has 0 radical (unpaired) electrons. The van der Waals surface area contributed by atoms with Gasteiger partial charge in [0.1, 0.15) is 0 Å². The molecule has 0 aliphatic carbocycles. The average molecular weight is 340 g/mol. The molecule has 8 nitrogen and oxygen atoms in total. The molecule has 0 aromatic carbocycles. The summed E-state index contributed by atoms with van der Waals surface area (Å²) in [4.78, 5) is 31.8. The largest absolute Gasteiger partial charge is 0.334 e. The van der Waals surface area contributed by atoms with Crippen molar-refractivity contribution in [3.8, 4) is 0 Å². The number of amides is 1. The molecule has 25 heavy (non-hydrogen) atoms. The Labute approximate surface area is 144 Å². The number of carbonyl (C=O) groups is 1. The van der Waals surface area contributed by atoms with Crippen molar-refractivity contribution in [1.82, 2.24) is 29.4 Å². The Hall–Kier alpha value is -2.90. The number of rotatable bonds is 3. The van der Waals surface area contributed by atoms with Crippen molar-refractivity contribution >= 4 is 16.9 Å². The Morgan fingerprint density at radius 1 is 1.44 bits per heavy atom. The molecule has 8 heteroatoms. The maximum absolute atomic E-state index is 13.2. The molecule has 0 saturated carbocycles. The number of H-pyrrole nitrogens is 1. The highest BCUT2D eigenvalue weighted by molar-refractivity contribution is 6.05. The van der Waals surface area contributed by atoms with E-state index in [1.165, 1.54) is 0 Å². The minimum Gasteiger partial charge on any atom is -0.334 e. The van der Waals surface area contributed by atoms with Crippen LogP contribution in [0.3, 0.4) is 0 Å². The van der Waals surface area contributed by atoms with E-state index in [9.17, 15) is 9.59 Å². The normalized spacial score (nSPS) is 17.5. The highest BCUT2D eigenvalue weighted by Crippen LogP contribution is 2.24. The van der Waals surface area contributed by atoms with Crippen molar-refractivity contribution in [3.05, 3.63) is 46.1 Å². The highest BCUT2D eigenvalue weighted by atomic mass is 16.2. The van der Waals surface area contributed by atoms with Gasteiger partial charge in [0, 0.05) is 31.7 Å². The fourth-order valence-corrected chi connectivity index (χ4v) is 3.63. The van der Waals surface area contributed by atoms with Gasteiger partial charge in [-0.3, -0.25) is 24.1 Å². The number of pyridine rings is 1. The fourth-order valence-electron chi connectivity index (χ4n) is 3.63. The van der Waals surface area contributed by atoms with Gasteiger partial charge >= 0.3 is 0 Å². The lowest BCUT2D eigenvalue weighted by Crippen LogP contribution is -2.38. The molecule has 1 unspecified atom stereocenters. The molecule has 1 aliphatic heterocycles. The van der Waals surface area contributed by atoms with E-state index in [-0.39, 0.29) is 17.5 Å². The first-order valence-corrected chi connectivity index (χ1v) is 8.39. The molecule has 1 aliphatic rings. The third-order valence-electron chi connectivity index (χ3n) is 4.77. The summed E-state index contributed by atoms with van der Waals surface area (Å²) in [5, 5.41) is 7.29. The third-order valence-corrected chi connectivity index (χ3v) is 4.77. The van der Waals surface area contributed by atoms with Crippen molar-refractivity contribution < 1.29 is 4.79 Å². The molecule has 4 rings (SSSR count).